The van der Waals surface area contributed by atoms with Crippen molar-refractivity contribution in [3.05, 3.63) is 70.5 Å². The number of carbonyl (C=O) groups excluding carboxylic acids is 2. The first-order chi connectivity index (χ1) is 12.5. The number of nitrogens with zero attached hydrogens (tertiary/aromatic N) is 2. The molecule has 0 spiro atoms. The number of carbonyl (C=O) groups is 2. The highest BCUT2D eigenvalue weighted by molar-refractivity contribution is 7.12. The van der Waals surface area contributed by atoms with Gasteiger partial charge in [-0.2, -0.15) is 0 Å². The molecule has 3 rings (SSSR count). The number of aliphatic hydroxyl groups is 1. The zero-order chi connectivity index (χ0) is 18.7. The van der Waals surface area contributed by atoms with Crippen LogP contribution >= 0.6 is 11.3 Å². The minimum Gasteiger partial charge on any atom is -0.455 e. The van der Waals surface area contributed by atoms with Gasteiger partial charge in [0, 0.05) is 28.5 Å². The molecule has 0 bridgehead atoms. The van der Waals surface area contributed by atoms with E-state index < -0.39 is 18.7 Å². The second kappa shape index (κ2) is 7.63. The Hall–Kier alpha value is -2.77. The van der Waals surface area contributed by atoms with Crippen LogP contribution in [-0.4, -0.2) is 33.0 Å². The van der Waals surface area contributed by atoms with Gasteiger partial charge in [0.1, 0.15) is 0 Å². The summed E-state index contributed by atoms with van der Waals surface area (Å²) in [5.74, 6) is -1.17. The van der Waals surface area contributed by atoms with Gasteiger partial charge in [-0.1, -0.05) is 30.3 Å². The lowest BCUT2D eigenvalue weighted by molar-refractivity contribution is -0.152. The minimum atomic E-state index is -1.41. The summed E-state index contributed by atoms with van der Waals surface area (Å²) in [6.45, 7) is 3.28. The van der Waals surface area contributed by atoms with Crippen LogP contribution in [0, 0.1) is 13.8 Å². The normalized spacial score (nSPS) is 12.0. The highest BCUT2D eigenvalue weighted by atomic mass is 32.1. The van der Waals surface area contributed by atoms with Crippen LogP contribution in [0.5, 0.6) is 0 Å². The van der Waals surface area contributed by atoms with Gasteiger partial charge < -0.3 is 9.84 Å². The maximum atomic E-state index is 12.5. The standard InChI is InChI=1S/C19H18N2O4S/c1-12-10-15(13(2)21(12)19-20-8-9-26-19)16(22)11-25-18(24)17(23)14-6-4-3-5-7-14/h3-10,17,23H,11H2,1-2H3/t17-/m1/s1. The lowest BCUT2D eigenvalue weighted by Crippen LogP contribution is -2.20. The van der Waals surface area contributed by atoms with Crippen molar-refractivity contribution in [2.45, 2.75) is 20.0 Å². The van der Waals surface area contributed by atoms with Gasteiger partial charge in [-0.15, -0.1) is 11.3 Å². The van der Waals surface area contributed by atoms with Crippen molar-refractivity contribution in [1.82, 2.24) is 9.55 Å². The van der Waals surface area contributed by atoms with Crippen molar-refractivity contribution in [1.29, 1.82) is 0 Å². The van der Waals surface area contributed by atoms with E-state index in [1.807, 2.05) is 23.8 Å². The fraction of sp³-hybridized carbons (Fsp3) is 0.211. The number of benzene rings is 1. The summed E-state index contributed by atoms with van der Waals surface area (Å²) in [7, 11) is 0. The Morgan fingerprint density at radius 3 is 2.65 bits per heavy atom. The van der Waals surface area contributed by atoms with Crippen LogP contribution in [0.25, 0.3) is 5.13 Å². The fourth-order valence-electron chi connectivity index (χ4n) is 2.73. The van der Waals surface area contributed by atoms with Crippen LogP contribution in [0.1, 0.15) is 33.4 Å². The maximum Gasteiger partial charge on any atom is 0.340 e. The van der Waals surface area contributed by atoms with E-state index in [9.17, 15) is 14.7 Å². The third kappa shape index (κ3) is 3.58. The predicted molar refractivity (Wildman–Crippen MR) is 97.6 cm³/mol. The molecule has 0 unspecified atom stereocenters. The lowest BCUT2D eigenvalue weighted by atomic mass is 10.1. The molecule has 1 aromatic carbocycles. The monoisotopic (exact) mass is 370 g/mol. The number of hydrogen-bond donors (Lipinski definition) is 1. The van der Waals surface area contributed by atoms with Gasteiger partial charge in [-0.25, -0.2) is 9.78 Å². The molecule has 1 N–H and O–H groups in total. The molecular weight excluding hydrogens is 352 g/mol. The van der Waals surface area contributed by atoms with Crippen LogP contribution in [0.4, 0.5) is 0 Å². The molecule has 0 saturated heterocycles. The summed E-state index contributed by atoms with van der Waals surface area (Å²) >= 11 is 1.47. The minimum absolute atomic E-state index is 0.325. The highest BCUT2D eigenvalue weighted by Gasteiger charge is 2.22. The zero-order valence-corrected chi connectivity index (χ0v) is 15.2. The Balaban J connectivity index is 1.69. The number of aliphatic hydroxyl groups excluding tert-OH is 1. The Kier molecular flexibility index (Phi) is 5.29. The van der Waals surface area contributed by atoms with E-state index in [2.05, 4.69) is 4.98 Å². The van der Waals surface area contributed by atoms with Crippen molar-refractivity contribution < 1.29 is 19.4 Å². The van der Waals surface area contributed by atoms with Crippen LogP contribution in [0.3, 0.4) is 0 Å². The van der Waals surface area contributed by atoms with Gasteiger partial charge in [-0.3, -0.25) is 9.36 Å². The van der Waals surface area contributed by atoms with Crippen LogP contribution < -0.4 is 0 Å². The van der Waals surface area contributed by atoms with Gasteiger partial charge in [0.05, 0.1) is 0 Å². The summed E-state index contributed by atoms with van der Waals surface area (Å²) in [6, 6.07) is 10.2. The van der Waals surface area contributed by atoms with Gasteiger partial charge in [-0.05, 0) is 25.5 Å². The van der Waals surface area contributed by atoms with Crippen molar-refractivity contribution in [3.63, 3.8) is 0 Å². The molecular formula is C19H18N2O4S. The molecule has 0 fully saturated rings. The SMILES string of the molecule is Cc1cc(C(=O)COC(=O)[C@H](O)c2ccccc2)c(C)n1-c1nccs1. The van der Waals surface area contributed by atoms with Gasteiger partial charge in [0.25, 0.3) is 0 Å². The van der Waals surface area contributed by atoms with Crippen molar-refractivity contribution >= 4 is 23.1 Å². The largest absolute Gasteiger partial charge is 0.455 e. The Labute approximate surface area is 154 Å². The lowest BCUT2D eigenvalue weighted by Gasteiger charge is -2.10. The quantitative estimate of drug-likeness (QED) is 0.533. The van der Waals surface area contributed by atoms with E-state index in [1.165, 1.54) is 11.3 Å². The topological polar surface area (TPSA) is 81.4 Å². The Morgan fingerprint density at radius 1 is 1.27 bits per heavy atom. The molecule has 6 nitrogen and oxygen atoms in total. The third-order valence-corrected chi connectivity index (χ3v) is 4.78. The molecule has 1 atom stereocenters. The molecule has 2 aromatic heterocycles. The van der Waals surface area contributed by atoms with Crippen molar-refractivity contribution in [3.8, 4) is 5.13 Å². The molecule has 0 amide bonds. The summed E-state index contributed by atoms with van der Waals surface area (Å²) in [5.41, 5.74) is 2.50. The number of esters is 1. The smallest absolute Gasteiger partial charge is 0.340 e. The third-order valence-electron chi connectivity index (χ3n) is 4.03. The van der Waals surface area contributed by atoms with E-state index in [0.29, 0.717) is 11.1 Å². The molecule has 26 heavy (non-hydrogen) atoms. The number of thiazole rings is 1. The average Bonchev–Trinajstić information content (AvgIpc) is 3.27. The molecule has 0 aliphatic heterocycles. The summed E-state index contributed by atoms with van der Waals surface area (Å²) in [5, 5.41) is 12.6. The van der Waals surface area contributed by atoms with E-state index in [0.717, 1.165) is 16.5 Å². The predicted octanol–water partition coefficient (Wildman–Crippen LogP) is 3.01. The molecule has 2 heterocycles. The Bertz CT molecular complexity index is 917. The summed E-state index contributed by atoms with van der Waals surface area (Å²) < 4.78 is 6.90. The van der Waals surface area contributed by atoms with Gasteiger partial charge >= 0.3 is 5.97 Å². The highest BCUT2D eigenvalue weighted by Crippen LogP contribution is 2.23. The first kappa shape index (κ1) is 18.0. The van der Waals surface area contributed by atoms with Crippen LogP contribution in [0.2, 0.25) is 0 Å². The molecule has 0 aliphatic rings. The van der Waals surface area contributed by atoms with E-state index in [4.69, 9.17) is 4.74 Å². The molecule has 0 aliphatic carbocycles. The maximum absolute atomic E-state index is 12.5. The van der Waals surface area contributed by atoms with Crippen molar-refractivity contribution in [2.75, 3.05) is 6.61 Å². The number of ether oxygens (including phenoxy) is 1. The number of Topliss-reactive ketones (excluding diaryl/α,β-unsaturated/α-hetero) is 1. The molecule has 134 valence electrons. The first-order valence-corrected chi connectivity index (χ1v) is 8.88. The van der Waals surface area contributed by atoms with Gasteiger partial charge in [0.15, 0.2) is 17.8 Å². The average molecular weight is 370 g/mol. The van der Waals surface area contributed by atoms with Crippen molar-refractivity contribution in [2.24, 2.45) is 0 Å². The Morgan fingerprint density at radius 2 is 2.00 bits per heavy atom. The number of rotatable bonds is 6. The molecule has 7 heteroatoms. The fourth-order valence-corrected chi connectivity index (χ4v) is 3.48. The number of aromatic nitrogens is 2. The van der Waals surface area contributed by atoms with Crippen LogP contribution in [-0.2, 0) is 9.53 Å². The first-order valence-electron chi connectivity index (χ1n) is 8.00. The van der Waals surface area contributed by atoms with E-state index >= 15 is 0 Å². The van der Waals surface area contributed by atoms with Gasteiger partial charge in [0.2, 0.25) is 5.78 Å². The van der Waals surface area contributed by atoms with E-state index in [-0.39, 0.29) is 5.78 Å². The second-order valence-corrected chi connectivity index (χ2v) is 6.65. The van der Waals surface area contributed by atoms with Crippen LogP contribution in [0.15, 0.2) is 48.0 Å². The summed E-state index contributed by atoms with van der Waals surface area (Å²) in [6.07, 6.45) is 0.291. The molecule has 0 saturated carbocycles. The molecule has 0 radical (unpaired) electrons. The summed E-state index contributed by atoms with van der Waals surface area (Å²) in [4.78, 5) is 28.7. The number of hydrogen-bond acceptors (Lipinski definition) is 6. The zero-order valence-electron chi connectivity index (χ0n) is 14.4. The second-order valence-electron chi connectivity index (χ2n) is 5.78. The van der Waals surface area contributed by atoms with E-state index in [1.54, 1.807) is 42.6 Å². The number of aryl methyl sites for hydroxylation is 1. The molecule has 3 aromatic rings. The number of ketones is 1.